The number of carbonyl (C=O) groups excluding carboxylic acids is 2. The minimum absolute atomic E-state index is 0.394. The molecule has 14 heavy (non-hydrogen) atoms. The molecule has 0 aliphatic rings. The van der Waals surface area contributed by atoms with Crippen molar-refractivity contribution < 1.29 is 9.59 Å². The molecule has 0 heterocycles. The van der Waals surface area contributed by atoms with Gasteiger partial charge in [0.05, 0.1) is 12.1 Å². The van der Waals surface area contributed by atoms with E-state index in [9.17, 15) is 9.59 Å². The smallest absolute Gasteiger partial charge is 0.235 e. The number of nitrogens with two attached hydrogens (primary N) is 4. The van der Waals surface area contributed by atoms with Crippen LogP contribution in [0.2, 0.25) is 0 Å². The lowest BCUT2D eigenvalue weighted by atomic mass is 10.3. The molecule has 2 atom stereocenters. The van der Waals surface area contributed by atoms with Crippen LogP contribution in [0.5, 0.6) is 0 Å². The zero-order valence-corrected chi connectivity index (χ0v) is 9.14. The molecule has 2 amide bonds. The van der Waals surface area contributed by atoms with Crippen LogP contribution < -0.4 is 22.9 Å². The summed E-state index contributed by atoms with van der Waals surface area (Å²) >= 11 is 0. The van der Waals surface area contributed by atoms with Crippen LogP contribution in [-0.2, 0) is 9.59 Å². The van der Waals surface area contributed by atoms with Gasteiger partial charge in [-0.2, -0.15) is 0 Å². The highest BCUT2D eigenvalue weighted by molar-refractivity contribution is 8.76. The molecule has 0 aromatic rings. The maximum atomic E-state index is 10.5. The zero-order valence-electron chi connectivity index (χ0n) is 7.51. The van der Waals surface area contributed by atoms with Gasteiger partial charge in [-0.15, -0.1) is 0 Å². The monoisotopic (exact) mass is 238 g/mol. The molecule has 0 aromatic heterocycles. The van der Waals surface area contributed by atoms with Crippen LogP contribution in [0.3, 0.4) is 0 Å². The molecule has 0 bridgehead atoms. The summed E-state index contributed by atoms with van der Waals surface area (Å²) < 4.78 is 0. The molecule has 0 aliphatic heterocycles. The Kier molecular flexibility index (Phi) is 6.71. The molecule has 6 nitrogen and oxygen atoms in total. The average Bonchev–Trinajstić information content (AvgIpc) is 2.11. The highest BCUT2D eigenvalue weighted by Crippen LogP contribution is 2.21. The molecule has 2 unspecified atom stereocenters. The van der Waals surface area contributed by atoms with Gasteiger partial charge in [-0.05, 0) is 0 Å². The van der Waals surface area contributed by atoms with Crippen LogP contribution in [0, 0.1) is 0 Å². The standard InChI is InChI=1S/C6H14N4O2S2/c7-3(5(9)11)1-13-14-2-4(8)6(10)12/h3-4H,1-2,7-8H2,(H2,9,11)(H2,10,12). The summed E-state index contributed by atoms with van der Waals surface area (Å²) in [5, 5.41) is 0. The van der Waals surface area contributed by atoms with Gasteiger partial charge in [-0.1, -0.05) is 21.6 Å². The van der Waals surface area contributed by atoms with Gasteiger partial charge in [-0.3, -0.25) is 9.59 Å². The first-order valence-electron chi connectivity index (χ1n) is 3.79. The summed E-state index contributed by atoms with van der Waals surface area (Å²) in [5.74, 6) is -0.300. The van der Waals surface area contributed by atoms with Crippen LogP contribution >= 0.6 is 21.6 Å². The largest absolute Gasteiger partial charge is 0.368 e. The number of hydrogen-bond donors (Lipinski definition) is 4. The van der Waals surface area contributed by atoms with E-state index in [2.05, 4.69) is 0 Å². The summed E-state index contributed by atoms with van der Waals surface area (Å²) in [6, 6.07) is -1.34. The Hall–Kier alpha value is -0.440. The summed E-state index contributed by atoms with van der Waals surface area (Å²) in [6.45, 7) is 0. The maximum absolute atomic E-state index is 10.5. The third-order valence-electron chi connectivity index (χ3n) is 1.31. The van der Waals surface area contributed by atoms with E-state index >= 15 is 0 Å². The van der Waals surface area contributed by atoms with Crippen molar-refractivity contribution in [3.8, 4) is 0 Å². The number of primary amides is 2. The molecule has 0 fully saturated rings. The van der Waals surface area contributed by atoms with Gasteiger partial charge in [0.2, 0.25) is 11.8 Å². The molecule has 0 radical (unpaired) electrons. The first kappa shape index (κ1) is 13.6. The molecule has 0 rings (SSSR count). The second-order valence-corrected chi connectivity index (χ2v) is 5.14. The van der Waals surface area contributed by atoms with Crippen molar-refractivity contribution >= 4 is 33.4 Å². The third kappa shape index (κ3) is 6.08. The van der Waals surface area contributed by atoms with Crippen molar-refractivity contribution in [3.05, 3.63) is 0 Å². The Morgan fingerprint density at radius 2 is 1.21 bits per heavy atom. The Morgan fingerprint density at radius 1 is 0.929 bits per heavy atom. The first-order valence-corrected chi connectivity index (χ1v) is 6.28. The highest BCUT2D eigenvalue weighted by Gasteiger charge is 2.11. The van der Waals surface area contributed by atoms with E-state index in [1.54, 1.807) is 0 Å². The fourth-order valence-corrected chi connectivity index (χ4v) is 2.68. The average molecular weight is 238 g/mol. The van der Waals surface area contributed by atoms with Crippen molar-refractivity contribution in [1.29, 1.82) is 0 Å². The van der Waals surface area contributed by atoms with Gasteiger partial charge in [-0.25, -0.2) is 0 Å². The third-order valence-corrected chi connectivity index (χ3v) is 3.78. The Morgan fingerprint density at radius 3 is 1.43 bits per heavy atom. The minimum atomic E-state index is -0.669. The molecule has 0 saturated carbocycles. The SMILES string of the molecule is NC(=O)C(N)CSSCC(N)C(N)=O. The Labute approximate surface area is 89.9 Å². The van der Waals surface area contributed by atoms with E-state index in [1.807, 2.05) is 0 Å². The molecular weight excluding hydrogens is 224 g/mol. The normalized spacial score (nSPS) is 14.7. The van der Waals surface area contributed by atoms with Gasteiger partial charge in [0.15, 0.2) is 0 Å². The maximum Gasteiger partial charge on any atom is 0.235 e. The van der Waals surface area contributed by atoms with E-state index in [4.69, 9.17) is 22.9 Å². The topological polar surface area (TPSA) is 138 Å². The Bertz CT molecular complexity index is 192. The van der Waals surface area contributed by atoms with Gasteiger partial charge in [0.1, 0.15) is 0 Å². The Balaban J connectivity index is 3.47. The lowest BCUT2D eigenvalue weighted by Crippen LogP contribution is -2.39. The molecule has 0 aliphatic carbocycles. The zero-order chi connectivity index (χ0) is 11.1. The lowest BCUT2D eigenvalue weighted by molar-refractivity contribution is -0.119. The lowest BCUT2D eigenvalue weighted by Gasteiger charge is -2.08. The molecule has 8 N–H and O–H groups in total. The second-order valence-electron chi connectivity index (χ2n) is 2.59. The van der Waals surface area contributed by atoms with Crippen LogP contribution in [-0.4, -0.2) is 35.4 Å². The van der Waals surface area contributed by atoms with Crippen molar-refractivity contribution in [2.45, 2.75) is 12.1 Å². The summed E-state index contributed by atoms with van der Waals surface area (Å²) in [7, 11) is 2.68. The fraction of sp³-hybridized carbons (Fsp3) is 0.667. The van der Waals surface area contributed by atoms with Crippen LogP contribution in [0.25, 0.3) is 0 Å². The van der Waals surface area contributed by atoms with E-state index in [0.29, 0.717) is 11.5 Å². The molecule has 0 saturated heterocycles. The number of rotatable bonds is 7. The highest BCUT2D eigenvalue weighted by atomic mass is 33.1. The molecule has 0 spiro atoms. The first-order chi connectivity index (χ1) is 6.45. The number of amides is 2. The predicted octanol–water partition coefficient (Wildman–Crippen LogP) is -2.01. The van der Waals surface area contributed by atoms with Gasteiger partial charge in [0, 0.05) is 11.5 Å². The van der Waals surface area contributed by atoms with Crippen molar-refractivity contribution in [2.24, 2.45) is 22.9 Å². The van der Waals surface area contributed by atoms with Gasteiger partial charge >= 0.3 is 0 Å². The van der Waals surface area contributed by atoms with Crippen LogP contribution in [0.1, 0.15) is 0 Å². The molecule has 8 heteroatoms. The van der Waals surface area contributed by atoms with E-state index < -0.39 is 23.9 Å². The van der Waals surface area contributed by atoms with E-state index in [0.717, 1.165) is 0 Å². The number of hydrogen-bond acceptors (Lipinski definition) is 6. The van der Waals surface area contributed by atoms with E-state index in [-0.39, 0.29) is 0 Å². The van der Waals surface area contributed by atoms with Crippen molar-refractivity contribution in [1.82, 2.24) is 0 Å². The fourth-order valence-electron chi connectivity index (χ4n) is 0.407. The molecule has 82 valence electrons. The van der Waals surface area contributed by atoms with Crippen molar-refractivity contribution in [3.63, 3.8) is 0 Å². The molecule has 0 aromatic carbocycles. The molecular formula is C6H14N4O2S2. The summed E-state index contributed by atoms with van der Waals surface area (Å²) in [6.07, 6.45) is 0. The quantitative estimate of drug-likeness (QED) is 0.299. The number of carbonyl (C=O) groups is 2. The van der Waals surface area contributed by atoms with Gasteiger partial charge < -0.3 is 22.9 Å². The van der Waals surface area contributed by atoms with E-state index in [1.165, 1.54) is 21.6 Å². The van der Waals surface area contributed by atoms with Crippen LogP contribution in [0.4, 0.5) is 0 Å². The second kappa shape index (κ2) is 6.93. The summed E-state index contributed by atoms with van der Waals surface area (Å²) in [4.78, 5) is 21.0. The van der Waals surface area contributed by atoms with Crippen LogP contribution in [0.15, 0.2) is 0 Å². The van der Waals surface area contributed by atoms with Gasteiger partial charge in [0.25, 0.3) is 0 Å². The van der Waals surface area contributed by atoms with Crippen molar-refractivity contribution in [2.75, 3.05) is 11.5 Å². The predicted molar refractivity (Wildman–Crippen MR) is 59.3 cm³/mol. The minimum Gasteiger partial charge on any atom is -0.368 e. The summed E-state index contributed by atoms with van der Waals surface area (Å²) in [5.41, 5.74) is 20.6.